The lowest BCUT2D eigenvalue weighted by atomic mass is 9.87. The number of carbonyl (C=O) groups excluding carboxylic acids is 1. The van der Waals surface area contributed by atoms with E-state index in [2.05, 4.69) is 0 Å². The van der Waals surface area contributed by atoms with E-state index < -0.39 is 6.04 Å². The molecule has 0 amide bonds. The average molecular weight is 231 g/mol. The fraction of sp³-hybridized carbons (Fsp3) is 0.917. The van der Waals surface area contributed by atoms with E-state index in [1.807, 2.05) is 34.6 Å². The standard InChI is InChI=1S/C12H25NO3/c1-11(2,3)9(13)10(14)16-8-7-12(4,5)15-6/h9H,7-8,13H2,1-6H3/t9-/m1/s1. The molecular formula is C12H25NO3. The molecule has 0 spiro atoms. The Balaban J connectivity index is 4.01. The maximum Gasteiger partial charge on any atom is 0.323 e. The molecule has 4 nitrogen and oxygen atoms in total. The van der Waals surface area contributed by atoms with Gasteiger partial charge in [-0.25, -0.2) is 0 Å². The number of rotatable bonds is 5. The van der Waals surface area contributed by atoms with Gasteiger partial charge in [-0.1, -0.05) is 20.8 Å². The third kappa shape index (κ3) is 5.47. The Bertz CT molecular complexity index is 231. The lowest BCUT2D eigenvalue weighted by Crippen LogP contribution is -2.43. The van der Waals surface area contributed by atoms with Gasteiger partial charge in [0.25, 0.3) is 0 Å². The van der Waals surface area contributed by atoms with E-state index in [1.165, 1.54) is 0 Å². The Kier molecular flexibility index (Phi) is 5.42. The van der Waals surface area contributed by atoms with E-state index >= 15 is 0 Å². The molecule has 0 saturated carbocycles. The number of ether oxygens (including phenoxy) is 2. The van der Waals surface area contributed by atoms with E-state index in [4.69, 9.17) is 15.2 Å². The maximum atomic E-state index is 11.6. The summed E-state index contributed by atoms with van der Waals surface area (Å²) >= 11 is 0. The van der Waals surface area contributed by atoms with E-state index in [1.54, 1.807) is 7.11 Å². The summed E-state index contributed by atoms with van der Waals surface area (Å²) in [6.45, 7) is 9.98. The Morgan fingerprint density at radius 2 is 1.75 bits per heavy atom. The van der Waals surface area contributed by atoms with Crippen LogP contribution in [0.1, 0.15) is 41.0 Å². The first-order chi connectivity index (χ1) is 7.10. The third-order valence-electron chi connectivity index (χ3n) is 2.69. The molecule has 0 fully saturated rings. The van der Waals surface area contributed by atoms with Crippen molar-refractivity contribution in [2.24, 2.45) is 11.1 Å². The van der Waals surface area contributed by atoms with Crippen molar-refractivity contribution >= 4 is 5.97 Å². The molecule has 0 rings (SSSR count). The molecule has 0 heterocycles. The maximum absolute atomic E-state index is 11.6. The number of nitrogens with two attached hydrogens (primary N) is 1. The number of hydrogen-bond acceptors (Lipinski definition) is 4. The van der Waals surface area contributed by atoms with Gasteiger partial charge in [0.15, 0.2) is 0 Å². The zero-order valence-electron chi connectivity index (χ0n) is 11.3. The van der Waals surface area contributed by atoms with Gasteiger partial charge in [-0.05, 0) is 19.3 Å². The Morgan fingerprint density at radius 3 is 2.12 bits per heavy atom. The van der Waals surface area contributed by atoms with Crippen molar-refractivity contribution < 1.29 is 14.3 Å². The quantitative estimate of drug-likeness (QED) is 0.732. The topological polar surface area (TPSA) is 61.5 Å². The molecule has 0 bridgehead atoms. The summed E-state index contributed by atoms with van der Waals surface area (Å²) in [4.78, 5) is 11.6. The molecule has 0 aromatic carbocycles. The zero-order valence-corrected chi connectivity index (χ0v) is 11.3. The molecular weight excluding hydrogens is 206 g/mol. The van der Waals surface area contributed by atoms with Crippen molar-refractivity contribution in [1.82, 2.24) is 0 Å². The normalized spacial score (nSPS) is 14.7. The second-order valence-electron chi connectivity index (χ2n) is 5.73. The van der Waals surface area contributed by atoms with Gasteiger partial charge in [-0.2, -0.15) is 0 Å². The highest BCUT2D eigenvalue weighted by atomic mass is 16.5. The van der Waals surface area contributed by atoms with Gasteiger partial charge in [0.2, 0.25) is 0 Å². The number of methoxy groups -OCH3 is 1. The predicted octanol–water partition coefficient (Wildman–Crippen LogP) is 1.72. The van der Waals surface area contributed by atoms with Crippen molar-refractivity contribution in [3.05, 3.63) is 0 Å². The molecule has 2 N–H and O–H groups in total. The van der Waals surface area contributed by atoms with Crippen LogP contribution in [0.25, 0.3) is 0 Å². The first-order valence-corrected chi connectivity index (χ1v) is 5.57. The van der Waals surface area contributed by atoms with Gasteiger partial charge in [-0.3, -0.25) is 4.79 Å². The van der Waals surface area contributed by atoms with Crippen molar-refractivity contribution in [2.45, 2.75) is 52.7 Å². The summed E-state index contributed by atoms with van der Waals surface area (Å²) in [5, 5.41) is 0. The third-order valence-corrected chi connectivity index (χ3v) is 2.69. The summed E-state index contributed by atoms with van der Waals surface area (Å²) in [7, 11) is 1.64. The van der Waals surface area contributed by atoms with Crippen LogP contribution in [-0.2, 0) is 14.3 Å². The van der Waals surface area contributed by atoms with Crippen LogP contribution in [0.2, 0.25) is 0 Å². The van der Waals surface area contributed by atoms with Crippen molar-refractivity contribution in [1.29, 1.82) is 0 Å². The molecule has 0 aromatic rings. The lowest BCUT2D eigenvalue weighted by Gasteiger charge is -2.26. The smallest absolute Gasteiger partial charge is 0.323 e. The van der Waals surface area contributed by atoms with Crippen LogP contribution in [-0.4, -0.2) is 31.3 Å². The van der Waals surface area contributed by atoms with Crippen molar-refractivity contribution in [2.75, 3.05) is 13.7 Å². The molecule has 0 aliphatic heterocycles. The van der Waals surface area contributed by atoms with E-state index in [9.17, 15) is 4.79 Å². The SMILES string of the molecule is COC(C)(C)CCOC(=O)[C@@H](N)C(C)(C)C. The largest absolute Gasteiger partial charge is 0.464 e. The van der Waals surface area contributed by atoms with Gasteiger partial charge >= 0.3 is 5.97 Å². The summed E-state index contributed by atoms with van der Waals surface area (Å²) in [6, 6.07) is -0.585. The average Bonchev–Trinajstić information content (AvgIpc) is 2.14. The number of hydrogen-bond donors (Lipinski definition) is 1. The minimum atomic E-state index is -0.585. The van der Waals surface area contributed by atoms with Crippen LogP contribution in [0.5, 0.6) is 0 Å². The van der Waals surface area contributed by atoms with Gasteiger partial charge in [0, 0.05) is 13.5 Å². The minimum Gasteiger partial charge on any atom is -0.464 e. The summed E-state index contributed by atoms with van der Waals surface area (Å²) < 4.78 is 10.3. The highest BCUT2D eigenvalue weighted by Gasteiger charge is 2.29. The van der Waals surface area contributed by atoms with Gasteiger partial charge < -0.3 is 15.2 Å². The molecule has 0 aromatic heterocycles. The second kappa shape index (κ2) is 5.64. The number of carbonyl (C=O) groups is 1. The van der Waals surface area contributed by atoms with Gasteiger partial charge in [0.1, 0.15) is 6.04 Å². The lowest BCUT2D eigenvalue weighted by molar-refractivity contribution is -0.149. The molecule has 0 radical (unpaired) electrons. The molecule has 96 valence electrons. The van der Waals surface area contributed by atoms with E-state index in [-0.39, 0.29) is 17.0 Å². The van der Waals surface area contributed by atoms with Crippen LogP contribution in [0.3, 0.4) is 0 Å². The van der Waals surface area contributed by atoms with E-state index in [0.717, 1.165) is 0 Å². The van der Waals surface area contributed by atoms with Crippen LogP contribution in [0, 0.1) is 5.41 Å². The first kappa shape index (κ1) is 15.4. The zero-order chi connectivity index (χ0) is 13.0. The fourth-order valence-electron chi connectivity index (χ4n) is 0.943. The van der Waals surface area contributed by atoms with Gasteiger partial charge in [0.05, 0.1) is 12.2 Å². The van der Waals surface area contributed by atoms with Crippen molar-refractivity contribution in [3.63, 3.8) is 0 Å². The molecule has 1 atom stereocenters. The van der Waals surface area contributed by atoms with Gasteiger partial charge in [-0.15, -0.1) is 0 Å². The van der Waals surface area contributed by atoms with Crippen LogP contribution in [0.4, 0.5) is 0 Å². The fourth-order valence-corrected chi connectivity index (χ4v) is 0.943. The minimum absolute atomic E-state index is 0.270. The van der Waals surface area contributed by atoms with E-state index in [0.29, 0.717) is 13.0 Å². The Hall–Kier alpha value is -0.610. The highest BCUT2D eigenvalue weighted by Crippen LogP contribution is 2.19. The molecule has 0 aliphatic carbocycles. The monoisotopic (exact) mass is 231 g/mol. The molecule has 4 heteroatoms. The van der Waals surface area contributed by atoms with Crippen molar-refractivity contribution in [3.8, 4) is 0 Å². The summed E-state index contributed by atoms with van der Waals surface area (Å²) in [5.41, 5.74) is 5.23. The highest BCUT2D eigenvalue weighted by molar-refractivity contribution is 5.76. The second-order valence-corrected chi connectivity index (χ2v) is 5.73. The van der Waals surface area contributed by atoms with Crippen LogP contribution in [0.15, 0.2) is 0 Å². The first-order valence-electron chi connectivity index (χ1n) is 5.57. The number of esters is 1. The molecule has 0 unspecified atom stereocenters. The molecule has 0 saturated heterocycles. The van der Waals surface area contributed by atoms with Crippen LogP contribution < -0.4 is 5.73 Å². The molecule has 0 aliphatic rings. The Morgan fingerprint density at radius 1 is 1.25 bits per heavy atom. The summed E-state index contributed by atoms with van der Waals surface area (Å²) in [5.74, 6) is -0.348. The Labute approximate surface area is 98.5 Å². The molecule has 16 heavy (non-hydrogen) atoms. The summed E-state index contributed by atoms with van der Waals surface area (Å²) in [6.07, 6.45) is 0.659. The predicted molar refractivity (Wildman–Crippen MR) is 64.1 cm³/mol. The van der Waals surface area contributed by atoms with Crippen LogP contribution >= 0.6 is 0 Å².